The molecule has 1 fully saturated rings. The topological polar surface area (TPSA) is 149 Å². The highest BCUT2D eigenvalue weighted by Crippen LogP contribution is 2.48. The van der Waals surface area contributed by atoms with Crippen molar-refractivity contribution in [3.05, 3.63) is 74.0 Å². The van der Waals surface area contributed by atoms with Crippen molar-refractivity contribution in [1.82, 2.24) is 14.4 Å². The average Bonchev–Trinajstić information content (AvgIpc) is 3.11. The van der Waals surface area contributed by atoms with Gasteiger partial charge in [-0.15, -0.1) is 4.52 Å². The summed E-state index contributed by atoms with van der Waals surface area (Å²) in [6.45, 7) is 4.03. The summed E-state index contributed by atoms with van der Waals surface area (Å²) in [6, 6.07) is 10.8. The van der Waals surface area contributed by atoms with E-state index in [2.05, 4.69) is 15.9 Å². The van der Waals surface area contributed by atoms with Gasteiger partial charge in [0.2, 0.25) is 0 Å². The van der Waals surface area contributed by atoms with Gasteiger partial charge in [0.25, 0.3) is 11.4 Å². The minimum Gasteiger partial charge on any atom is -0.462 e. The van der Waals surface area contributed by atoms with Gasteiger partial charge in [-0.1, -0.05) is 36.4 Å². The first kappa shape index (κ1) is 31.9. The second-order valence-electron chi connectivity index (χ2n) is 10.00. The largest absolute Gasteiger partial charge is 0.653 e. The second-order valence-corrected chi connectivity index (χ2v) is 12.0. The lowest BCUT2D eigenvalue weighted by Crippen LogP contribution is -2.47. The number of hydroxylamine groups is 1. The summed E-state index contributed by atoms with van der Waals surface area (Å²) < 4.78 is 60.8. The summed E-state index contributed by atoms with van der Waals surface area (Å²) >= 11 is 2.90. The molecule has 0 amide bonds. The van der Waals surface area contributed by atoms with Gasteiger partial charge in [-0.3, -0.25) is 19.1 Å². The molecule has 0 radical (unpaired) electrons. The van der Waals surface area contributed by atoms with Gasteiger partial charge in [0.05, 0.1) is 10.6 Å². The molecule has 1 saturated heterocycles. The SMILES string of the molecule is CC(C)OC(=O)C(C)N(Oc1cccc2ccccc12)[P+](=O)OC[C@@]1(F)O[C@@H](n2cc(Br)c(=O)[nH]c2=O)[C@](C)(F)[C@@H]1O. The Kier molecular flexibility index (Phi) is 9.31. The summed E-state index contributed by atoms with van der Waals surface area (Å²) in [7, 11) is -3.22. The van der Waals surface area contributed by atoms with Gasteiger partial charge in [-0.2, -0.15) is 0 Å². The number of H-pyrrole nitrogens is 1. The van der Waals surface area contributed by atoms with Crippen molar-refractivity contribution < 1.29 is 42.1 Å². The number of nitrogens with one attached hydrogen (secondary N) is 1. The summed E-state index contributed by atoms with van der Waals surface area (Å²) in [5.74, 6) is -3.96. The van der Waals surface area contributed by atoms with Crippen LogP contribution in [0.1, 0.15) is 33.9 Å². The minimum atomic E-state index is -3.33. The highest BCUT2D eigenvalue weighted by Gasteiger charge is 2.66. The zero-order chi connectivity index (χ0) is 31.0. The summed E-state index contributed by atoms with van der Waals surface area (Å²) in [4.78, 5) is 45.1. The highest BCUT2D eigenvalue weighted by molar-refractivity contribution is 9.10. The van der Waals surface area contributed by atoms with E-state index in [0.717, 1.165) is 18.5 Å². The third kappa shape index (κ3) is 6.31. The van der Waals surface area contributed by atoms with Gasteiger partial charge >= 0.3 is 19.8 Å². The smallest absolute Gasteiger partial charge is 0.462 e. The Hall–Kier alpha value is -3.07. The van der Waals surface area contributed by atoms with Crippen LogP contribution >= 0.6 is 24.1 Å². The number of nitrogens with zero attached hydrogens (tertiary/aromatic N) is 2. The average molecular weight is 675 g/mol. The van der Waals surface area contributed by atoms with Gasteiger partial charge in [-0.05, 0) is 59.6 Å². The molecule has 1 aliphatic heterocycles. The van der Waals surface area contributed by atoms with E-state index in [1.807, 2.05) is 17.1 Å². The van der Waals surface area contributed by atoms with E-state index in [0.29, 0.717) is 14.8 Å². The van der Waals surface area contributed by atoms with Crippen LogP contribution in [0.2, 0.25) is 0 Å². The number of benzene rings is 2. The molecule has 16 heteroatoms. The van der Waals surface area contributed by atoms with E-state index >= 15 is 8.78 Å². The van der Waals surface area contributed by atoms with Gasteiger partial charge in [0, 0.05) is 11.6 Å². The first-order chi connectivity index (χ1) is 19.7. The number of hydrogen-bond donors (Lipinski definition) is 2. The van der Waals surface area contributed by atoms with Crippen LogP contribution in [-0.2, 0) is 23.4 Å². The Morgan fingerprint density at radius 1 is 1.21 bits per heavy atom. The van der Waals surface area contributed by atoms with Crippen molar-refractivity contribution >= 4 is 40.9 Å². The lowest BCUT2D eigenvalue weighted by molar-refractivity contribution is -0.204. The molecule has 4 rings (SSSR count). The first-order valence-electron chi connectivity index (χ1n) is 12.7. The Morgan fingerprint density at radius 2 is 1.88 bits per heavy atom. The maximum absolute atomic E-state index is 15.9. The number of carbonyl (C=O) groups is 1. The number of aliphatic hydroxyl groups excluding tert-OH is 1. The molecular formula is C26H28BrF2N3O9P+. The number of hydrogen-bond acceptors (Lipinski definition) is 9. The van der Waals surface area contributed by atoms with Crippen molar-refractivity contribution in [2.45, 2.75) is 63.7 Å². The molecule has 6 atom stereocenters. The number of aromatic amines is 1. The molecule has 2 aromatic carbocycles. The van der Waals surface area contributed by atoms with Crippen LogP contribution in [-0.4, -0.2) is 61.8 Å². The lowest BCUT2D eigenvalue weighted by Gasteiger charge is -2.24. The molecule has 12 nitrogen and oxygen atoms in total. The maximum Gasteiger partial charge on any atom is 0.653 e. The van der Waals surface area contributed by atoms with Crippen LogP contribution in [0.4, 0.5) is 8.78 Å². The molecule has 0 spiro atoms. The summed E-state index contributed by atoms with van der Waals surface area (Å²) in [6.07, 6.45) is -4.23. The maximum atomic E-state index is 15.9. The van der Waals surface area contributed by atoms with Crippen LogP contribution in [0.5, 0.6) is 5.75 Å². The van der Waals surface area contributed by atoms with Crippen LogP contribution in [0.25, 0.3) is 10.8 Å². The van der Waals surface area contributed by atoms with Crippen molar-refractivity contribution in [3.63, 3.8) is 0 Å². The second kappa shape index (κ2) is 12.3. The molecular weight excluding hydrogens is 647 g/mol. The molecule has 226 valence electrons. The van der Waals surface area contributed by atoms with Crippen LogP contribution in [0.15, 0.2) is 62.7 Å². The fourth-order valence-electron chi connectivity index (χ4n) is 4.25. The van der Waals surface area contributed by atoms with E-state index in [1.54, 1.807) is 44.2 Å². The zero-order valence-electron chi connectivity index (χ0n) is 22.8. The number of halogens is 3. The number of alkyl halides is 2. The fraction of sp³-hybridized carbons (Fsp3) is 0.423. The van der Waals surface area contributed by atoms with Crippen molar-refractivity contribution in [1.29, 1.82) is 0 Å². The molecule has 1 aliphatic rings. The highest BCUT2D eigenvalue weighted by atomic mass is 79.9. The molecule has 3 aromatic rings. The number of rotatable bonds is 10. The third-order valence-electron chi connectivity index (χ3n) is 6.41. The first-order valence-corrected chi connectivity index (χ1v) is 14.6. The Labute approximate surface area is 247 Å². The number of aromatic nitrogens is 2. The van der Waals surface area contributed by atoms with E-state index in [4.69, 9.17) is 18.8 Å². The molecule has 1 aromatic heterocycles. The number of carbonyl (C=O) groups excluding carboxylic acids is 1. The number of esters is 1. The lowest BCUT2D eigenvalue weighted by atomic mass is 9.97. The van der Waals surface area contributed by atoms with Crippen LogP contribution < -0.4 is 16.1 Å². The molecule has 42 heavy (non-hydrogen) atoms. The quantitative estimate of drug-likeness (QED) is 0.183. The zero-order valence-corrected chi connectivity index (χ0v) is 25.3. The third-order valence-corrected chi connectivity index (χ3v) is 8.07. The van der Waals surface area contributed by atoms with Gasteiger partial charge in [0.1, 0.15) is 4.83 Å². The molecule has 0 bridgehead atoms. The predicted octanol–water partition coefficient (Wildman–Crippen LogP) is 4.05. The molecule has 0 aliphatic carbocycles. The monoisotopic (exact) mass is 674 g/mol. The van der Waals surface area contributed by atoms with Gasteiger partial charge in [-0.25, -0.2) is 13.6 Å². The fourth-order valence-corrected chi connectivity index (χ4v) is 5.50. The van der Waals surface area contributed by atoms with E-state index in [1.165, 1.54) is 6.92 Å². The van der Waals surface area contributed by atoms with Gasteiger partial charge < -0.3 is 19.4 Å². The van der Waals surface area contributed by atoms with Gasteiger partial charge in [0.15, 0.2) is 36.4 Å². The Bertz CT molecular complexity index is 1610. The molecule has 2 unspecified atom stereocenters. The summed E-state index contributed by atoms with van der Waals surface area (Å²) in [5, 5.41) is 11.9. The number of fused-ring (bicyclic) bond motifs is 1. The summed E-state index contributed by atoms with van der Waals surface area (Å²) in [5.41, 5.74) is -4.87. The minimum absolute atomic E-state index is 0.185. The van der Waals surface area contributed by atoms with E-state index < -0.39 is 68.0 Å². The van der Waals surface area contributed by atoms with Crippen molar-refractivity contribution in [3.8, 4) is 5.75 Å². The van der Waals surface area contributed by atoms with E-state index in [9.17, 15) is 24.1 Å². The van der Waals surface area contributed by atoms with E-state index in [-0.39, 0.29) is 10.2 Å². The number of ether oxygens (including phenoxy) is 2. The Morgan fingerprint density at radius 3 is 2.57 bits per heavy atom. The standard InChI is InChI=1S/C26H27BrF2N3O9P/c1-14(2)39-21(34)15(3)32(41-19-11-7-9-16-8-5-6-10-17(16)19)42(37)38-13-26(29)22(35)25(4,28)23(40-26)31-12-18(27)20(33)30-24(31)36/h5-12,14-15,22-23,35H,13H2,1-4H3/p+1/t15?,22-,23+,25+,26+/m0/s1. The Balaban J connectivity index is 1.60. The molecule has 0 saturated carbocycles. The van der Waals surface area contributed by atoms with Crippen LogP contribution in [0.3, 0.4) is 0 Å². The van der Waals surface area contributed by atoms with Crippen molar-refractivity contribution in [2.75, 3.05) is 6.61 Å². The molecule has 2 N–H and O–H groups in total. The van der Waals surface area contributed by atoms with Crippen LogP contribution in [0, 0.1) is 0 Å². The molecule has 2 heterocycles. The number of aliphatic hydroxyl groups is 1. The predicted molar refractivity (Wildman–Crippen MR) is 149 cm³/mol. The normalized spacial score (nSPS) is 25.1. The van der Waals surface area contributed by atoms with Crippen molar-refractivity contribution in [2.24, 2.45) is 0 Å².